The van der Waals surface area contributed by atoms with Crippen LogP contribution >= 0.6 is 11.3 Å². The lowest BCUT2D eigenvalue weighted by Gasteiger charge is -2.03. The van der Waals surface area contributed by atoms with E-state index in [9.17, 15) is 14.9 Å². The van der Waals surface area contributed by atoms with E-state index >= 15 is 0 Å². The highest BCUT2D eigenvalue weighted by molar-refractivity contribution is 7.10. The largest absolute Gasteiger partial charge is 0.294 e. The Kier molecular flexibility index (Phi) is 3.53. The Morgan fingerprint density at radius 1 is 1.39 bits per heavy atom. The van der Waals surface area contributed by atoms with Crippen LogP contribution in [0.25, 0.3) is 0 Å². The fourth-order valence-electron chi connectivity index (χ4n) is 1.69. The molecule has 2 rings (SSSR count). The van der Waals surface area contributed by atoms with Crippen molar-refractivity contribution < 1.29 is 9.72 Å². The number of non-ortho nitro benzene ring substituents is 1. The summed E-state index contributed by atoms with van der Waals surface area (Å²) in [6.45, 7) is 1.78. The second kappa shape index (κ2) is 5.10. The molecule has 18 heavy (non-hydrogen) atoms. The first-order chi connectivity index (χ1) is 8.58. The van der Waals surface area contributed by atoms with Crippen LogP contribution in [0.2, 0.25) is 0 Å². The molecule has 1 aromatic carbocycles. The number of nitro groups is 1. The van der Waals surface area contributed by atoms with Crippen molar-refractivity contribution in [2.24, 2.45) is 0 Å². The molecule has 4 nitrogen and oxygen atoms in total. The van der Waals surface area contributed by atoms with Gasteiger partial charge in [-0.25, -0.2) is 0 Å². The third-order valence-electron chi connectivity index (χ3n) is 2.65. The summed E-state index contributed by atoms with van der Waals surface area (Å²) in [4.78, 5) is 23.3. The van der Waals surface area contributed by atoms with Gasteiger partial charge in [-0.15, -0.1) is 11.3 Å². The third kappa shape index (κ3) is 2.62. The van der Waals surface area contributed by atoms with Gasteiger partial charge < -0.3 is 0 Å². The van der Waals surface area contributed by atoms with Gasteiger partial charge in [0.1, 0.15) is 0 Å². The van der Waals surface area contributed by atoms with E-state index in [-0.39, 0.29) is 11.5 Å². The summed E-state index contributed by atoms with van der Waals surface area (Å²) in [5.74, 6) is -0.0846. The molecule has 5 heteroatoms. The highest BCUT2D eigenvalue weighted by Crippen LogP contribution is 2.20. The molecule has 0 atom stereocenters. The lowest BCUT2D eigenvalue weighted by Crippen LogP contribution is -2.05. The van der Waals surface area contributed by atoms with Gasteiger partial charge in [0, 0.05) is 29.0 Å². The van der Waals surface area contributed by atoms with E-state index in [1.165, 1.54) is 23.5 Å². The molecule has 1 heterocycles. The van der Waals surface area contributed by atoms with E-state index in [2.05, 4.69) is 0 Å². The number of carbonyl (C=O) groups is 1. The summed E-state index contributed by atoms with van der Waals surface area (Å²) in [5.41, 5.74) is 1.15. The molecular weight excluding hydrogens is 250 g/mol. The molecule has 0 saturated heterocycles. The van der Waals surface area contributed by atoms with Gasteiger partial charge in [0.05, 0.1) is 4.92 Å². The molecule has 0 bridgehead atoms. The zero-order valence-corrected chi connectivity index (χ0v) is 10.6. The number of nitrogens with zero attached hydrogens (tertiary/aromatic N) is 1. The number of rotatable bonds is 4. The Labute approximate surface area is 108 Å². The summed E-state index contributed by atoms with van der Waals surface area (Å²) in [7, 11) is 0. The van der Waals surface area contributed by atoms with Gasteiger partial charge in [-0.3, -0.25) is 14.9 Å². The van der Waals surface area contributed by atoms with Crippen LogP contribution in [0.3, 0.4) is 0 Å². The molecule has 0 fully saturated rings. The van der Waals surface area contributed by atoms with Crippen molar-refractivity contribution >= 4 is 22.8 Å². The van der Waals surface area contributed by atoms with Crippen molar-refractivity contribution in [3.63, 3.8) is 0 Å². The monoisotopic (exact) mass is 261 g/mol. The van der Waals surface area contributed by atoms with Crippen LogP contribution in [-0.2, 0) is 6.42 Å². The number of carbonyl (C=O) groups excluding carboxylic acids is 1. The molecule has 0 aliphatic rings. The van der Waals surface area contributed by atoms with Crippen LogP contribution in [-0.4, -0.2) is 10.7 Å². The number of thiophene rings is 1. The molecule has 0 aliphatic heterocycles. The fourth-order valence-corrected chi connectivity index (χ4v) is 2.39. The van der Waals surface area contributed by atoms with Crippen molar-refractivity contribution in [2.45, 2.75) is 13.3 Å². The molecule has 0 aliphatic carbocycles. The van der Waals surface area contributed by atoms with Crippen molar-refractivity contribution in [1.82, 2.24) is 0 Å². The van der Waals surface area contributed by atoms with Crippen LogP contribution in [0.5, 0.6) is 0 Å². The Hall–Kier alpha value is -2.01. The smallest absolute Gasteiger partial charge is 0.270 e. The predicted octanol–water partition coefficient (Wildman–Crippen LogP) is 3.39. The number of Topliss-reactive ketones (excluding diaryl/α,β-unsaturated/α-hetero) is 1. The van der Waals surface area contributed by atoms with Crippen molar-refractivity contribution in [1.29, 1.82) is 0 Å². The normalized spacial score (nSPS) is 10.3. The average molecular weight is 261 g/mol. The highest BCUT2D eigenvalue weighted by Gasteiger charge is 2.15. The molecule has 0 amide bonds. The minimum absolute atomic E-state index is 0.0462. The summed E-state index contributed by atoms with van der Waals surface area (Å²) in [5, 5.41) is 12.6. The quantitative estimate of drug-likeness (QED) is 0.481. The van der Waals surface area contributed by atoms with Crippen LogP contribution < -0.4 is 0 Å². The molecule has 0 spiro atoms. The maximum atomic E-state index is 12.1. The second-order valence-corrected chi connectivity index (χ2v) is 4.97. The predicted molar refractivity (Wildman–Crippen MR) is 70.2 cm³/mol. The maximum absolute atomic E-state index is 12.1. The van der Waals surface area contributed by atoms with Crippen LogP contribution in [0.1, 0.15) is 20.8 Å². The first-order valence-electron chi connectivity index (χ1n) is 5.38. The summed E-state index contributed by atoms with van der Waals surface area (Å²) < 4.78 is 0. The number of hydrogen-bond acceptors (Lipinski definition) is 4. The average Bonchev–Trinajstić information content (AvgIpc) is 2.81. The minimum Gasteiger partial charge on any atom is -0.294 e. The molecule has 0 saturated carbocycles. The van der Waals surface area contributed by atoms with Gasteiger partial charge in [0.15, 0.2) is 5.78 Å². The van der Waals surface area contributed by atoms with E-state index in [0.29, 0.717) is 12.0 Å². The van der Waals surface area contributed by atoms with Crippen molar-refractivity contribution in [3.05, 3.63) is 61.8 Å². The zero-order chi connectivity index (χ0) is 13.1. The SMILES string of the molecule is Cc1ccc([N+](=O)[O-])cc1C(=O)Cc1cccs1. The van der Waals surface area contributed by atoms with E-state index < -0.39 is 4.92 Å². The topological polar surface area (TPSA) is 60.2 Å². The van der Waals surface area contributed by atoms with Gasteiger partial charge in [-0.1, -0.05) is 12.1 Å². The molecule has 0 radical (unpaired) electrons. The van der Waals surface area contributed by atoms with Gasteiger partial charge in [-0.2, -0.15) is 0 Å². The molecule has 92 valence electrons. The lowest BCUT2D eigenvalue weighted by atomic mass is 10.0. The lowest BCUT2D eigenvalue weighted by molar-refractivity contribution is -0.384. The van der Waals surface area contributed by atoms with Gasteiger partial charge in [0.2, 0.25) is 0 Å². The highest BCUT2D eigenvalue weighted by atomic mass is 32.1. The van der Waals surface area contributed by atoms with Gasteiger partial charge in [0.25, 0.3) is 5.69 Å². The molecule has 0 unspecified atom stereocenters. The number of nitro benzene ring substituents is 1. The molecule has 1 aromatic heterocycles. The second-order valence-electron chi connectivity index (χ2n) is 3.94. The van der Waals surface area contributed by atoms with E-state index in [1.54, 1.807) is 13.0 Å². The Morgan fingerprint density at radius 3 is 2.78 bits per heavy atom. The Morgan fingerprint density at radius 2 is 2.17 bits per heavy atom. The molecule has 2 aromatic rings. The van der Waals surface area contributed by atoms with Gasteiger partial charge >= 0.3 is 0 Å². The minimum atomic E-state index is -0.485. The molecule has 0 N–H and O–H groups in total. The maximum Gasteiger partial charge on any atom is 0.270 e. The van der Waals surface area contributed by atoms with Gasteiger partial charge in [-0.05, 0) is 23.9 Å². The third-order valence-corrected chi connectivity index (χ3v) is 3.52. The Bertz CT molecular complexity index is 590. The van der Waals surface area contributed by atoms with Crippen molar-refractivity contribution in [3.8, 4) is 0 Å². The van der Waals surface area contributed by atoms with Crippen LogP contribution in [0.4, 0.5) is 5.69 Å². The number of aryl methyl sites for hydroxylation is 1. The first-order valence-corrected chi connectivity index (χ1v) is 6.26. The van der Waals surface area contributed by atoms with Crippen molar-refractivity contribution in [2.75, 3.05) is 0 Å². The van der Waals surface area contributed by atoms with Crippen LogP contribution in [0.15, 0.2) is 35.7 Å². The van der Waals surface area contributed by atoms with Crippen LogP contribution in [0, 0.1) is 17.0 Å². The number of ketones is 1. The Balaban J connectivity index is 2.29. The number of benzene rings is 1. The number of hydrogen-bond donors (Lipinski definition) is 0. The first kappa shape index (κ1) is 12.4. The zero-order valence-electron chi connectivity index (χ0n) is 9.75. The van der Waals surface area contributed by atoms with E-state index in [0.717, 1.165) is 10.4 Å². The van der Waals surface area contributed by atoms with E-state index in [4.69, 9.17) is 0 Å². The standard InChI is InChI=1S/C13H11NO3S/c1-9-4-5-10(14(16)17)7-12(9)13(15)8-11-3-2-6-18-11/h2-7H,8H2,1H3. The summed E-state index contributed by atoms with van der Waals surface area (Å²) in [6.07, 6.45) is 0.291. The molecular formula is C13H11NO3S. The van der Waals surface area contributed by atoms with E-state index in [1.807, 2.05) is 17.5 Å². The summed E-state index contributed by atoms with van der Waals surface area (Å²) in [6, 6.07) is 8.14. The summed E-state index contributed by atoms with van der Waals surface area (Å²) >= 11 is 1.51. The fraction of sp³-hybridized carbons (Fsp3) is 0.154.